The molecule has 1 N–H and O–H groups in total. The molecule has 0 spiro atoms. The van der Waals surface area contributed by atoms with Gasteiger partial charge in [-0.25, -0.2) is 0 Å². The van der Waals surface area contributed by atoms with Gasteiger partial charge in [-0.2, -0.15) is 11.3 Å². The van der Waals surface area contributed by atoms with E-state index < -0.39 is 0 Å². The van der Waals surface area contributed by atoms with Gasteiger partial charge < -0.3 is 5.11 Å². The van der Waals surface area contributed by atoms with Crippen LogP contribution in [0.4, 0.5) is 0 Å². The van der Waals surface area contributed by atoms with E-state index in [1.165, 1.54) is 30.4 Å². The molecular formula is C13H18OS. The lowest BCUT2D eigenvalue weighted by Crippen LogP contribution is -2.00. The topological polar surface area (TPSA) is 20.2 Å². The molecule has 1 heterocycles. The molecule has 0 saturated carbocycles. The molecule has 0 fully saturated rings. The molecule has 1 aliphatic carbocycles. The van der Waals surface area contributed by atoms with Gasteiger partial charge in [0, 0.05) is 0 Å². The van der Waals surface area contributed by atoms with Crippen molar-refractivity contribution in [1.29, 1.82) is 0 Å². The van der Waals surface area contributed by atoms with E-state index in [0.717, 1.165) is 19.3 Å². The summed E-state index contributed by atoms with van der Waals surface area (Å²) in [5.74, 6) is 0. The predicted molar refractivity (Wildman–Crippen MR) is 65.2 cm³/mol. The molecule has 0 bridgehead atoms. The van der Waals surface area contributed by atoms with Crippen LogP contribution < -0.4 is 0 Å². The van der Waals surface area contributed by atoms with Gasteiger partial charge >= 0.3 is 0 Å². The molecule has 0 amide bonds. The number of thiophene rings is 1. The highest BCUT2D eigenvalue weighted by Crippen LogP contribution is 2.22. The molecule has 1 aromatic heterocycles. The average molecular weight is 222 g/mol. The molecule has 1 aliphatic rings. The fraction of sp³-hybridized carbons (Fsp3) is 0.538. The van der Waals surface area contributed by atoms with Crippen molar-refractivity contribution >= 4 is 11.3 Å². The van der Waals surface area contributed by atoms with Crippen LogP contribution in [0.25, 0.3) is 0 Å². The molecule has 2 heteroatoms. The molecule has 2 rings (SSSR count). The monoisotopic (exact) mass is 222 g/mol. The van der Waals surface area contributed by atoms with Crippen LogP contribution in [-0.2, 0) is 6.42 Å². The summed E-state index contributed by atoms with van der Waals surface area (Å²) in [5.41, 5.74) is 2.88. The highest BCUT2D eigenvalue weighted by molar-refractivity contribution is 7.07. The summed E-state index contributed by atoms with van der Waals surface area (Å²) in [7, 11) is 0. The molecule has 0 radical (unpaired) electrons. The normalized spacial score (nSPS) is 22.2. The van der Waals surface area contributed by atoms with Gasteiger partial charge in [-0.1, -0.05) is 18.1 Å². The minimum Gasteiger partial charge on any atom is -0.389 e. The lowest BCUT2D eigenvalue weighted by atomic mass is 10.0. The van der Waals surface area contributed by atoms with Gasteiger partial charge in [0.05, 0.1) is 6.10 Å². The summed E-state index contributed by atoms with van der Waals surface area (Å²) in [6.45, 7) is 0. The van der Waals surface area contributed by atoms with Gasteiger partial charge in [-0.05, 0) is 54.5 Å². The van der Waals surface area contributed by atoms with Gasteiger partial charge in [0.1, 0.15) is 0 Å². The van der Waals surface area contributed by atoms with Crippen molar-refractivity contribution in [2.75, 3.05) is 0 Å². The van der Waals surface area contributed by atoms with Crippen LogP contribution in [0, 0.1) is 0 Å². The maximum absolute atomic E-state index is 9.64. The van der Waals surface area contributed by atoms with Crippen LogP contribution in [-0.4, -0.2) is 11.2 Å². The third-order valence-electron chi connectivity index (χ3n) is 2.99. The number of aliphatic hydroxyl groups is 1. The zero-order valence-corrected chi connectivity index (χ0v) is 9.80. The fourth-order valence-electron chi connectivity index (χ4n) is 2.09. The quantitative estimate of drug-likeness (QED) is 0.776. The van der Waals surface area contributed by atoms with Crippen LogP contribution in [0.3, 0.4) is 0 Å². The Labute approximate surface area is 95.5 Å². The Kier molecular flexibility index (Phi) is 3.98. The molecule has 1 aromatic rings. The van der Waals surface area contributed by atoms with E-state index in [1.54, 1.807) is 11.3 Å². The zero-order chi connectivity index (χ0) is 10.5. The Morgan fingerprint density at radius 1 is 1.33 bits per heavy atom. The van der Waals surface area contributed by atoms with Gasteiger partial charge in [-0.3, -0.25) is 0 Å². The third kappa shape index (κ3) is 3.47. The summed E-state index contributed by atoms with van der Waals surface area (Å²) in [5, 5.41) is 14.0. The third-order valence-corrected chi connectivity index (χ3v) is 3.72. The van der Waals surface area contributed by atoms with E-state index in [0.29, 0.717) is 0 Å². The largest absolute Gasteiger partial charge is 0.389 e. The van der Waals surface area contributed by atoms with Crippen LogP contribution in [0.5, 0.6) is 0 Å². The lowest BCUT2D eigenvalue weighted by molar-refractivity contribution is 0.211. The maximum Gasteiger partial charge on any atom is 0.0723 e. The van der Waals surface area contributed by atoms with E-state index in [4.69, 9.17) is 0 Å². The summed E-state index contributed by atoms with van der Waals surface area (Å²) >= 11 is 1.76. The molecule has 0 saturated heterocycles. The van der Waals surface area contributed by atoms with Crippen molar-refractivity contribution in [3.05, 3.63) is 34.0 Å². The first-order valence-corrected chi connectivity index (χ1v) is 6.67. The number of aryl methyl sites for hydroxylation is 1. The van der Waals surface area contributed by atoms with Crippen LogP contribution in [0.1, 0.15) is 37.7 Å². The van der Waals surface area contributed by atoms with Crippen molar-refractivity contribution in [3.8, 4) is 0 Å². The fourth-order valence-corrected chi connectivity index (χ4v) is 2.80. The second-order valence-corrected chi connectivity index (χ2v) is 5.05. The molecule has 1 unspecified atom stereocenters. The van der Waals surface area contributed by atoms with Gasteiger partial charge in [0.15, 0.2) is 0 Å². The zero-order valence-electron chi connectivity index (χ0n) is 8.98. The SMILES string of the molecule is OC1C=C(CCc2ccsc2)CCCC1. The van der Waals surface area contributed by atoms with E-state index in [9.17, 15) is 5.11 Å². The van der Waals surface area contributed by atoms with Crippen molar-refractivity contribution < 1.29 is 5.11 Å². The van der Waals surface area contributed by atoms with Crippen LogP contribution in [0.15, 0.2) is 28.5 Å². The molecular weight excluding hydrogens is 204 g/mol. The van der Waals surface area contributed by atoms with Gasteiger partial charge in [0.25, 0.3) is 0 Å². The Balaban J connectivity index is 1.87. The number of aliphatic hydroxyl groups excluding tert-OH is 1. The summed E-state index contributed by atoms with van der Waals surface area (Å²) in [6, 6.07) is 2.19. The number of allylic oxidation sites excluding steroid dienone is 1. The molecule has 0 aromatic carbocycles. The minimum absolute atomic E-state index is 0.190. The summed E-state index contributed by atoms with van der Waals surface area (Å²) < 4.78 is 0. The Morgan fingerprint density at radius 3 is 3.07 bits per heavy atom. The van der Waals surface area contributed by atoms with Crippen LogP contribution in [0.2, 0.25) is 0 Å². The minimum atomic E-state index is -0.190. The summed E-state index contributed by atoms with van der Waals surface area (Å²) in [6.07, 6.45) is 8.68. The first-order valence-electron chi connectivity index (χ1n) is 5.73. The van der Waals surface area contributed by atoms with E-state index >= 15 is 0 Å². The second-order valence-electron chi connectivity index (χ2n) is 4.27. The maximum atomic E-state index is 9.64. The molecule has 1 atom stereocenters. The first kappa shape index (κ1) is 10.9. The standard InChI is InChI=1S/C13H18OS/c14-13-4-2-1-3-11(9-13)5-6-12-7-8-15-10-12/h7-10,13-14H,1-6H2. The molecule has 1 nitrogen and oxygen atoms in total. The van der Waals surface area contributed by atoms with E-state index in [1.807, 2.05) is 0 Å². The van der Waals surface area contributed by atoms with Crippen molar-refractivity contribution in [2.24, 2.45) is 0 Å². The van der Waals surface area contributed by atoms with Gasteiger partial charge in [0.2, 0.25) is 0 Å². The predicted octanol–water partition coefficient (Wildman–Crippen LogP) is 3.54. The Morgan fingerprint density at radius 2 is 2.27 bits per heavy atom. The molecule has 0 aliphatic heterocycles. The van der Waals surface area contributed by atoms with Crippen molar-refractivity contribution in [1.82, 2.24) is 0 Å². The van der Waals surface area contributed by atoms with Crippen molar-refractivity contribution in [3.63, 3.8) is 0 Å². The Hall–Kier alpha value is -0.600. The highest BCUT2D eigenvalue weighted by Gasteiger charge is 2.09. The van der Waals surface area contributed by atoms with Gasteiger partial charge in [-0.15, -0.1) is 0 Å². The lowest BCUT2D eigenvalue weighted by Gasteiger charge is -2.05. The molecule has 82 valence electrons. The Bertz CT molecular complexity index is 313. The smallest absolute Gasteiger partial charge is 0.0723 e. The summed E-state index contributed by atoms with van der Waals surface area (Å²) in [4.78, 5) is 0. The highest BCUT2D eigenvalue weighted by atomic mass is 32.1. The average Bonchev–Trinajstić information content (AvgIpc) is 2.65. The van der Waals surface area contributed by atoms with E-state index in [2.05, 4.69) is 22.9 Å². The first-order chi connectivity index (χ1) is 7.34. The van der Waals surface area contributed by atoms with Crippen molar-refractivity contribution in [2.45, 2.75) is 44.6 Å². The number of hydrogen-bond acceptors (Lipinski definition) is 2. The number of hydrogen-bond donors (Lipinski definition) is 1. The second kappa shape index (κ2) is 5.47. The van der Waals surface area contributed by atoms with E-state index in [-0.39, 0.29) is 6.10 Å². The molecule has 15 heavy (non-hydrogen) atoms. The van der Waals surface area contributed by atoms with Crippen LogP contribution >= 0.6 is 11.3 Å². The number of rotatable bonds is 3.